The average molecular weight is 336 g/mol. The Morgan fingerprint density at radius 3 is 2.44 bits per heavy atom. The van der Waals surface area contributed by atoms with Crippen molar-refractivity contribution in [2.24, 2.45) is 5.92 Å². The van der Waals surface area contributed by atoms with Crippen molar-refractivity contribution in [1.82, 2.24) is 4.57 Å². The lowest BCUT2D eigenvalue weighted by Crippen LogP contribution is -2.18. The van der Waals surface area contributed by atoms with Crippen LogP contribution in [0.1, 0.15) is 36.7 Å². The maximum Gasteiger partial charge on any atom is 0.278 e. The lowest BCUT2D eigenvalue weighted by atomic mass is 9.95. The standard InChI is InChI=1S/C20H20N2O3/c1-14(2)19(13-20(23)15-7-4-3-5-8-15)21-12-11-16-17(21)9-6-10-18(16)22(24)25/h3-12,14,19H,13H2,1-2H3/t19-/m1/s1. The van der Waals surface area contributed by atoms with Crippen molar-refractivity contribution in [3.8, 4) is 0 Å². The van der Waals surface area contributed by atoms with Gasteiger partial charge in [0.2, 0.25) is 0 Å². The highest BCUT2D eigenvalue weighted by molar-refractivity contribution is 5.96. The first-order valence-electron chi connectivity index (χ1n) is 8.31. The first kappa shape index (κ1) is 16.9. The highest BCUT2D eigenvalue weighted by Gasteiger charge is 2.23. The van der Waals surface area contributed by atoms with Gasteiger partial charge in [0.25, 0.3) is 5.69 Å². The number of non-ortho nitro benzene ring substituents is 1. The number of nitro benzene ring substituents is 1. The fraction of sp³-hybridized carbons (Fsp3) is 0.250. The first-order valence-corrected chi connectivity index (χ1v) is 8.31. The Labute approximate surface area is 146 Å². The Hall–Kier alpha value is -2.95. The molecule has 5 heteroatoms. The van der Waals surface area contributed by atoms with E-state index in [1.54, 1.807) is 12.1 Å². The normalized spacial score (nSPS) is 12.4. The lowest BCUT2D eigenvalue weighted by molar-refractivity contribution is -0.383. The van der Waals surface area contributed by atoms with E-state index in [0.717, 1.165) is 5.52 Å². The minimum absolute atomic E-state index is 0.0628. The maximum atomic E-state index is 12.6. The summed E-state index contributed by atoms with van der Waals surface area (Å²) in [5, 5.41) is 11.8. The highest BCUT2D eigenvalue weighted by atomic mass is 16.6. The zero-order valence-corrected chi connectivity index (χ0v) is 14.3. The number of hydrogen-bond donors (Lipinski definition) is 0. The van der Waals surface area contributed by atoms with Gasteiger partial charge in [-0.2, -0.15) is 0 Å². The van der Waals surface area contributed by atoms with E-state index in [2.05, 4.69) is 13.8 Å². The zero-order valence-electron chi connectivity index (χ0n) is 14.3. The second kappa shape index (κ2) is 6.89. The van der Waals surface area contributed by atoms with Crippen molar-refractivity contribution in [2.45, 2.75) is 26.3 Å². The van der Waals surface area contributed by atoms with Gasteiger partial charge in [-0.05, 0) is 18.1 Å². The molecule has 1 heterocycles. The summed E-state index contributed by atoms with van der Waals surface area (Å²) >= 11 is 0. The molecule has 1 aromatic heterocycles. The van der Waals surface area contributed by atoms with Crippen LogP contribution in [0.5, 0.6) is 0 Å². The number of fused-ring (bicyclic) bond motifs is 1. The molecule has 5 nitrogen and oxygen atoms in total. The van der Waals surface area contributed by atoms with E-state index in [1.807, 2.05) is 47.2 Å². The highest BCUT2D eigenvalue weighted by Crippen LogP contribution is 2.32. The summed E-state index contributed by atoms with van der Waals surface area (Å²) in [4.78, 5) is 23.5. The van der Waals surface area contributed by atoms with Crippen molar-refractivity contribution in [3.05, 3.63) is 76.5 Å². The Kier molecular flexibility index (Phi) is 4.65. The molecule has 0 fully saturated rings. The number of benzene rings is 2. The van der Waals surface area contributed by atoms with E-state index >= 15 is 0 Å². The molecule has 1 atom stereocenters. The molecule has 0 aliphatic carbocycles. The van der Waals surface area contributed by atoms with Gasteiger partial charge in [0.15, 0.2) is 5.78 Å². The fourth-order valence-electron chi connectivity index (χ4n) is 3.21. The Morgan fingerprint density at radius 1 is 1.08 bits per heavy atom. The van der Waals surface area contributed by atoms with Crippen molar-refractivity contribution in [1.29, 1.82) is 0 Å². The number of rotatable bonds is 6. The number of Topliss-reactive ketones (excluding diaryl/α,β-unsaturated/α-hetero) is 1. The molecule has 2 aromatic carbocycles. The van der Waals surface area contributed by atoms with Gasteiger partial charge in [-0.25, -0.2) is 0 Å². The molecule has 0 bridgehead atoms. The predicted octanol–water partition coefficient (Wildman–Crippen LogP) is 5.02. The molecule has 0 aliphatic rings. The molecule has 25 heavy (non-hydrogen) atoms. The van der Waals surface area contributed by atoms with Gasteiger partial charge in [0.1, 0.15) is 0 Å². The van der Waals surface area contributed by atoms with Crippen LogP contribution in [0.3, 0.4) is 0 Å². The molecule has 0 unspecified atom stereocenters. The van der Waals surface area contributed by atoms with Gasteiger partial charge < -0.3 is 4.57 Å². The van der Waals surface area contributed by atoms with Crippen molar-refractivity contribution in [2.75, 3.05) is 0 Å². The van der Waals surface area contributed by atoms with E-state index < -0.39 is 0 Å². The third kappa shape index (κ3) is 3.31. The Balaban J connectivity index is 1.99. The van der Waals surface area contributed by atoms with Crippen LogP contribution in [0.25, 0.3) is 10.9 Å². The third-order valence-corrected chi connectivity index (χ3v) is 4.55. The molecule has 0 aliphatic heterocycles. The molecule has 0 spiro atoms. The van der Waals surface area contributed by atoms with Crippen LogP contribution in [0.15, 0.2) is 60.8 Å². The lowest BCUT2D eigenvalue weighted by Gasteiger charge is -2.23. The second-order valence-electron chi connectivity index (χ2n) is 6.49. The Bertz CT molecular complexity index is 913. The first-order chi connectivity index (χ1) is 12.0. The molecular weight excluding hydrogens is 316 g/mol. The van der Waals surface area contributed by atoms with E-state index in [-0.39, 0.29) is 28.4 Å². The molecule has 128 valence electrons. The smallest absolute Gasteiger partial charge is 0.278 e. The van der Waals surface area contributed by atoms with E-state index in [1.165, 1.54) is 6.07 Å². The number of carbonyl (C=O) groups excluding carboxylic acids is 1. The summed E-state index contributed by atoms with van der Waals surface area (Å²) in [5.74, 6) is 0.286. The number of aromatic nitrogens is 1. The molecule has 3 rings (SSSR count). The van der Waals surface area contributed by atoms with Gasteiger partial charge in [0.05, 0.1) is 15.8 Å². The van der Waals surface area contributed by atoms with Crippen LogP contribution in [-0.4, -0.2) is 15.3 Å². The van der Waals surface area contributed by atoms with Gasteiger partial charge in [-0.3, -0.25) is 14.9 Å². The van der Waals surface area contributed by atoms with E-state index in [0.29, 0.717) is 17.4 Å². The van der Waals surface area contributed by atoms with Gasteiger partial charge >= 0.3 is 0 Å². The second-order valence-corrected chi connectivity index (χ2v) is 6.49. The van der Waals surface area contributed by atoms with Crippen LogP contribution >= 0.6 is 0 Å². The minimum Gasteiger partial charge on any atom is -0.343 e. The average Bonchev–Trinajstić information content (AvgIpc) is 3.03. The number of carbonyl (C=O) groups is 1. The number of ketones is 1. The van der Waals surface area contributed by atoms with Gasteiger partial charge in [-0.15, -0.1) is 0 Å². The molecule has 0 amide bonds. The molecule has 0 saturated heterocycles. The number of nitro groups is 1. The predicted molar refractivity (Wildman–Crippen MR) is 97.9 cm³/mol. The number of nitrogens with zero attached hydrogens (tertiary/aromatic N) is 2. The quantitative estimate of drug-likeness (QED) is 0.361. The molecule has 3 aromatic rings. The van der Waals surface area contributed by atoms with Crippen LogP contribution in [0.4, 0.5) is 5.69 Å². The van der Waals surface area contributed by atoms with E-state index in [9.17, 15) is 14.9 Å². The van der Waals surface area contributed by atoms with Crippen molar-refractivity contribution < 1.29 is 9.72 Å². The van der Waals surface area contributed by atoms with Gasteiger partial charge in [0, 0.05) is 30.3 Å². The van der Waals surface area contributed by atoms with Crippen LogP contribution in [-0.2, 0) is 0 Å². The van der Waals surface area contributed by atoms with Crippen molar-refractivity contribution >= 4 is 22.4 Å². The zero-order chi connectivity index (χ0) is 18.0. The number of hydrogen-bond acceptors (Lipinski definition) is 3. The molecule has 0 radical (unpaired) electrons. The van der Waals surface area contributed by atoms with Gasteiger partial charge in [-0.1, -0.05) is 50.2 Å². The summed E-state index contributed by atoms with van der Waals surface area (Å²) in [6, 6.07) is 16.0. The monoisotopic (exact) mass is 336 g/mol. The molecule has 0 saturated carbocycles. The maximum absolute atomic E-state index is 12.6. The summed E-state index contributed by atoms with van der Waals surface area (Å²) in [7, 11) is 0. The SMILES string of the molecule is CC(C)[C@@H](CC(=O)c1ccccc1)n1ccc2c([N+](=O)[O-])cccc21. The molecule has 0 N–H and O–H groups in total. The topological polar surface area (TPSA) is 65.1 Å². The van der Waals surface area contributed by atoms with Crippen molar-refractivity contribution in [3.63, 3.8) is 0 Å². The summed E-state index contributed by atoms with van der Waals surface area (Å²) in [6.07, 6.45) is 2.20. The fourth-order valence-corrected chi connectivity index (χ4v) is 3.21. The summed E-state index contributed by atoms with van der Waals surface area (Å²) in [6.45, 7) is 4.12. The largest absolute Gasteiger partial charge is 0.343 e. The minimum atomic E-state index is -0.369. The third-order valence-electron chi connectivity index (χ3n) is 4.55. The van der Waals surface area contributed by atoms with Crippen LogP contribution in [0.2, 0.25) is 0 Å². The van der Waals surface area contributed by atoms with Crippen LogP contribution < -0.4 is 0 Å². The Morgan fingerprint density at radius 2 is 1.80 bits per heavy atom. The van der Waals surface area contributed by atoms with E-state index in [4.69, 9.17) is 0 Å². The molecular formula is C20H20N2O3. The summed E-state index contributed by atoms with van der Waals surface area (Å²) in [5.41, 5.74) is 1.57. The summed E-state index contributed by atoms with van der Waals surface area (Å²) < 4.78 is 1.99. The van der Waals surface area contributed by atoms with Crippen LogP contribution in [0, 0.1) is 16.0 Å².